The summed E-state index contributed by atoms with van der Waals surface area (Å²) in [6.07, 6.45) is 1.94. The first-order valence-electron chi connectivity index (χ1n) is 9.00. The van der Waals surface area contributed by atoms with Gasteiger partial charge in [-0.15, -0.1) is 10.2 Å². The molecular weight excluding hydrogens is 417 g/mol. The molecule has 9 heteroatoms. The molecule has 1 saturated carbocycles. The minimum Gasteiger partial charge on any atom is -0.482 e. The second-order valence-electron chi connectivity index (χ2n) is 6.51. The highest BCUT2D eigenvalue weighted by molar-refractivity contribution is 8.00. The standard InChI is InChI=1S/C20H17ClFN3O3S/c21-15-3-1-2-4-16(15)27-11-17-24-25-20(28-17)29-18(19(26)23-14-9-10-14)12-5-7-13(22)8-6-12/h1-8,14,18H,9-11H2,(H,23,26)/t18-/m1/s1. The molecule has 0 bridgehead atoms. The molecule has 0 saturated heterocycles. The molecule has 4 rings (SSSR count). The summed E-state index contributed by atoms with van der Waals surface area (Å²) in [7, 11) is 0. The Balaban J connectivity index is 1.45. The molecule has 0 aliphatic heterocycles. The Hall–Kier alpha value is -2.58. The Morgan fingerprint density at radius 2 is 2.00 bits per heavy atom. The van der Waals surface area contributed by atoms with E-state index in [0.717, 1.165) is 24.6 Å². The van der Waals surface area contributed by atoms with Gasteiger partial charge in [0.1, 0.15) is 16.8 Å². The second-order valence-corrected chi connectivity index (χ2v) is 7.98. The monoisotopic (exact) mass is 433 g/mol. The van der Waals surface area contributed by atoms with E-state index >= 15 is 0 Å². The minimum atomic E-state index is -0.631. The smallest absolute Gasteiger partial charge is 0.277 e. The van der Waals surface area contributed by atoms with E-state index in [4.69, 9.17) is 20.8 Å². The molecule has 1 aromatic heterocycles. The Morgan fingerprint density at radius 3 is 2.72 bits per heavy atom. The third-order valence-corrected chi connectivity index (χ3v) is 5.59. The maximum atomic E-state index is 13.3. The van der Waals surface area contributed by atoms with E-state index in [1.54, 1.807) is 30.3 Å². The summed E-state index contributed by atoms with van der Waals surface area (Å²) in [5.74, 6) is 0.232. The lowest BCUT2D eigenvalue weighted by Gasteiger charge is -2.14. The van der Waals surface area contributed by atoms with Crippen LogP contribution in [-0.2, 0) is 11.4 Å². The molecule has 1 aliphatic carbocycles. The third-order valence-electron chi connectivity index (χ3n) is 4.19. The van der Waals surface area contributed by atoms with Gasteiger partial charge in [0.25, 0.3) is 11.1 Å². The van der Waals surface area contributed by atoms with Crippen molar-refractivity contribution in [2.75, 3.05) is 0 Å². The van der Waals surface area contributed by atoms with E-state index in [-0.39, 0.29) is 35.5 Å². The molecule has 0 spiro atoms. The van der Waals surface area contributed by atoms with Crippen LogP contribution in [0.3, 0.4) is 0 Å². The number of nitrogens with zero attached hydrogens (tertiary/aromatic N) is 2. The van der Waals surface area contributed by atoms with Crippen molar-refractivity contribution in [2.45, 2.75) is 36.0 Å². The van der Waals surface area contributed by atoms with Crippen molar-refractivity contribution in [3.8, 4) is 5.75 Å². The highest BCUT2D eigenvalue weighted by Gasteiger charge is 2.30. The highest BCUT2D eigenvalue weighted by Crippen LogP contribution is 2.36. The zero-order valence-electron chi connectivity index (χ0n) is 15.2. The van der Waals surface area contributed by atoms with Crippen LogP contribution in [0, 0.1) is 5.82 Å². The first-order chi connectivity index (χ1) is 14.1. The molecule has 6 nitrogen and oxygen atoms in total. The van der Waals surface area contributed by atoms with Gasteiger partial charge in [-0.25, -0.2) is 4.39 Å². The molecule has 1 fully saturated rings. The van der Waals surface area contributed by atoms with Crippen LogP contribution < -0.4 is 10.1 Å². The van der Waals surface area contributed by atoms with E-state index < -0.39 is 5.25 Å². The third kappa shape index (κ3) is 5.27. The van der Waals surface area contributed by atoms with Crippen molar-refractivity contribution in [2.24, 2.45) is 0 Å². The Morgan fingerprint density at radius 1 is 1.24 bits per heavy atom. The summed E-state index contributed by atoms with van der Waals surface area (Å²) in [5.41, 5.74) is 0.654. The number of hydrogen-bond donors (Lipinski definition) is 1. The zero-order valence-corrected chi connectivity index (χ0v) is 16.8. The number of amides is 1. The predicted octanol–water partition coefficient (Wildman–Crippen LogP) is 4.55. The summed E-state index contributed by atoms with van der Waals surface area (Å²) >= 11 is 7.17. The highest BCUT2D eigenvalue weighted by atomic mass is 35.5. The molecule has 1 amide bonds. The Labute approximate surface area is 175 Å². The fourth-order valence-electron chi connectivity index (χ4n) is 2.56. The van der Waals surface area contributed by atoms with E-state index in [0.29, 0.717) is 16.3 Å². The van der Waals surface area contributed by atoms with Crippen LogP contribution in [-0.4, -0.2) is 22.1 Å². The van der Waals surface area contributed by atoms with Gasteiger partial charge in [-0.2, -0.15) is 0 Å². The number of rotatable bonds is 8. The number of benzene rings is 2. The number of hydrogen-bond acceptors (Lipinski definition) is 6. The number of halogens is 2. The molecular formula is C20H17ClFN3O3S. The van der Waals surface area contributed by atoms with E-state index in [1.807, 2.05) is 6.07 Å². The van der Waals surface area contributed by atoms with Gasteiger partial charge >= 0.3 is 0 Å². The van der Waals surface area contributed by atoms with Crippen molar-refractivity contribution in [3.05, 3.63) is 70.8 Å². The fraction of sp³-hybridized carbons (Fsp3) is 0.250. The number of carbonyl (C=O) groups excluding carboxylic acids is 1. The molecule has 0 unspecified atom stereocenters. The molecule has 0 radical (unpaired) electrons. The van der Waals surface area contributed by atoms with Gasteiger partial charge in [-0.05, 0) is 54.4 Å². The van der Waals surface area contributed by atoms with Gasteiger partial charge in [0.05, 0.1) is 5.02 Å². The van der Waals surface area contributed by atoms with E-state index in [9.17, 15) is 9.18 Å². The zero-order chi connectivity index (χ0) is 20.2. The maximum Gasteiger partial charge on any atom is 0.277 e. The van der Waals surface area contributed by atoms with Crippen molar-refractivity contribution >= 4 is 29.3 Å². The summed E-state index contributed by atoms with van der Waals surface area (Å²) < 4.78 is 24.5. The lowest BCUT2D eigenvalue weighted by molar-refractivity contribution is -0.120. The molecule has 29 heavy (non-hydrogen) atoms. The van der Waals surface area contributed by atoms with Crippen LogP contribution >= 0.6 is 23.4 Å². The molecule has 1 aliphatic rings. The number of carbonyl (C=O) groups is 1. The fourth-order valence-corrected chi connectivity index (χ4v) is 3.65. The quantitative estimate of drug-likeness (QED) is 0.525. The SMILES string of the molecule is O=C(NC1CC1)[C@H](Sc1nnc(COc2ccccc2Cl)o1)c1ccc(F)cc1. The lowest BCUT2D eigenvalue weighted by Crippen LogP contribution is -2.29. The van der Waals surface area contributed by atoms with Crippen molar-refractivity contribution in [3.63, 3.8) is 0 Å². The summed E-state index contributed by atoms with van der Waals surface area (Å²) in [6, 6.07) is 13.1. The van der Waals surface area contributed by atoms with Gasteiger partial charge in [0.15, 0.2) is 6.61 Å². The predicted molar refractivity (Wildman–Crippen MR) is 106 cm³/mol. The van der Waals surface area contributed by atoms with Crippen LogP contribution in [0.5, 0.6) is 5.75 Å². The summed E-state index contributed by atoms with van der Waals surface area (Å²) in [6.45, 7) is 0.0484. The number of nitrogens with one attached hydrogen (secondary N) is 1. The topological polar surface area (TPSA) is 77.2 Å². The maximum absolute atomic E-state index is 13.3. The average molecular weight is 434 g/mol. The largest absolute Gasteiger partial charge is 0.482 e. The van der Waals surface area contributed by atoms with Crippen molar-refractivity contribution in [1.29, 1.82) is 0 Å². The van der Waals surface area contributed by atoms with Crippen LogP contribution in [0.1, 0.15) is 29.5 Å². The number of para-hydroxylation sites is 1. The number of aromatic nitrogens is 2. The minimum absolute atomic E-state index is 0.0484. The summed E-state index contributed by atoms with van der Waals surface area (Å²) in [5, 5.41) is 11.0. The van der Waals surface area contributed by atoms with Crippen molar-refractivity contribution < 1.29 is 18.3 Å². The number of thioether (sulfide) groups is 1. The van der Waals surface area contributed by atoms with Gasteiger partial charge in [0, 0.05) is 6.04 Å². The molecule has 2 aromatic carbocycles. The normalized spacial score (nSPS) is 14.4. The first kappa shape index (κ1) is 19.7. The Kier molecular flexibility index (Phi) is 6.01. The summed E-state index contributed by atoms with van der Waals surface area (Å²) in [4.78, 5) is 12.7. The number of ether oxygens (including phenoxy) is 1. The molecule has 150 valence electrons. The van der Waals surface area contributed by atoms with Crippen LogP contribution in [0.15, 0.2) is 58.2 Å². The first-order valence-corrected chi connectivity index (χ1v) is 10.3. The van der Waals surface area contributed by atoms with E-state index in [1.165, 1.54) is 12.1 Å². The Bertz CT molecular complexity index is 995. The van der Waals surface area contributed by atoms with Crippen LogP contribution in [0.4, 0.5) is 4.39 Å². The second kappa shape index (κ2) is 8.84. The lowest BCUT2D eigenvalue weighted by atomic mass is 10.1. The average Bonchev–Trinajstić information content (AvgIpc) is 3.42. The van der Waals surface area contributed by atoms with Crippen molar-refractivity contribution in [1.82, 2.24) is 15.5 Å². The molecule has 1 atom stereocenters. The van der Waals surface area contributed by atoms with Gasteiger partial charge in [-0.3, -0.25) is 4.79 Å². The van der Waals surface area contributed by atoms with Gasteiger partial charge < -0.3 is 14.5 Å². The van der Waals surface area contributed by atoms with Gasteiger partial charge in [-0.1, -0.05) is 35.9 Å². The van der Waals surface area contributed by atoms with Gasteiger partial charge in [0.2, 0.25) is 5.91 Å². The molecule has 1 heterocycles. The molecule has 1 N–H and O–H groups in total. The van der Waals surface area contributed by atoms with E-state index in [2.05, 4.69) is 15.5 Å². The molecule has 3 aromatic rings. The van der Waals surface area contributed by atoms with Crippen LogP contribution in [0.25, 0.3) is 0 Å². The van der Waals surface area contributed by atoms with Crippen LogP contribution in [0.2, 0.25) is 5.02 Å².